The molecular weight excluding hydrogens is 514 g/mol. The molecule has 3 heterocycles. The van der Waals surface area contributed by atoms with Crippen molar-refractivity contribution in [2.45, 2.75) is 49.1 Å². The quantitative estimate of drug-likeness (QED) is 0.139. The third-order valence-electron chi connectivity index (χ3n) is 4.81. The first-order valence-electron chi connectivity index (χ1n) is 9.40. The van der Waals surface area contributed by atoms with E-state index in [0.29, 0.717) is 0 Å². The molecule has 0 aromatic carbocycles. The van der Waals surface area contributed by atoms with Crippen molar-refractivity contribution in [2.75, 3.05) is 13.2 Å². The number of aliphatic hydroxyl groups is 5. The molecule has 0 bridgehead atoms. The van der Waals surface area contributed by atoms with Crippen molar-refractivity contribution in [3.05, 3.63) is 33.1 Å². The molecule has 3 rings (SSSR count). The van der Waals surface area contributed by atoms with Gasteiger partial charge in [0.15, 0.2) is 12.5 Å². The van der Waals surface area contributed by atoms with Crippen molar-refractivity contribution in [1.82, 2.24) is 9.55 Å². The molecule has 8 N–H and O–H groups in total. The molecule has 194 valence electrons. The Hall–Kier alpha value is -1.34. The summed E-state index contributed by atoms with van der Waals surface area (Å²) in [4.78, 5) is 44.3. The maximum absolute atomic E-state index is 12.1. The number of aromatic nitrogens is 2. The van der Waals surface area contributed by atoms with E-state index in [2.05, 4.69) is 13.4 Å². The first-order valence-corrected chi connectivity index (χ1v) is 12.4. The fourth-order valence-electron chi connectivity index (χ4n) is 3.15. The van der Waals surface area contributed by atoms with Crippen molar-refractivity contribution < 1.29 is 67.3 Å². The first-order chi connectivity index (χ1) is 15.7. The second-order valence-electron chi connectivity index (χ2n) is 7.19. The van der Waals surface area contributed by atoms with Crippen molar-refractivity contribution in [1.29, 1.82) is 0 Å². The van der Waals surface area contributed by atoms with E-state index in [1.54, 1.807) is 0 Å². The fraction of sp³-hybridized carbons (Fsp3) is 0.714. The van der Waals surface area contributed by atoms with Crippen LogP contribution >= 0.6 is 15.6 Å². The highest BCUT2D eigenvalue weighted by Gasteiger charge is 2.49. The summed E-state index contributed by atoms with van der Waals surface area (Å²) in [5, 5.41) is 48.5. The number of hydrogen-bond donors (Lipinski definition) is 8. The van der Waals surface area contributed by atoms with Crippen LogP contribution in [0.4, 0.5) is 0 Å². The third kappa shape index (κ3) is 6.07. The molecule has 0 spiro atoms. The molecule has 10 atom stereocenters. The van der Waals surface area contributed by atoms with E-state index in [-0.39, 0.29) is 0 Å². The molecule has 0 saturated carbocycles. The van der Waals surface area contributed by atoms with Crippen LogP contribution in [0, 0.1) is 0 Å². The van der Waals surface area contributed by atoms with Crippen LogP contribution in [0.15, 0.2) is 21.9 Å². The largest absolute Gasteiger partial charge is 0.483 e. The number of phosphoric acid groups is 2. The molecular formula is C14H22N2O16P2. The minimum absolute atomic E-state index is 0.736. The Labute approximate surface area is 188 Å². The van der Waals surface area contributed by atoms with Gasteiger partial charge in [-0.1, -0.05) is 0 Å². The molecule has 1 aromatic rings. The Morgan fingerprint density at radius 2 is 1.62 bits per heavy atom. The van der Waals surface area contributed by atoms with Crippen LogP contribution in [0.2, 0.25) is 0 Å². The molecule has 0 radical (unpaired) electrons. The van der Waals surface area contributed by atoms with E-state index in [0.717, 1.165) is 16.8 Å². The number of rotatable bonds is 9. The van der Waals surface area contributed by atoms with Gasteiger partial charge in [-0.2, -0.15) is 4.31 Å². The monoisotopic (exact) mass is 536 g/mol. The van der Waals surface area contributed by atoms with Gasteiger partial charge in [0, 0.05) is 12.3 Å². The summed E-state index contributed by atoms with van der Waals surface area (Å²) in [6.45, 7) is -1.77. The molecule has 0 amide bonds. The molecule has 2 aliphatic rings. The zero-order valence-electron chi connectivity index (χ0n) is 16.8. The molecule has 34 heavy (non-hydrogen) atoms. The predicted molar refractivity (Wildman–Crippen MR) is 103 cm³/mol. The lowest BCUT2D eigenvalue weighted by molar-refractivity contribution is -0.125. The average Bonchev–Trinajstić information content (AvgIpc) is 3.16. The van der Waals surface area contributed by atoms with Crippen LogP contribution in [0.5, 0.6) is 0 Å². The number of nitrogens with one attached hydrogen (secondary N) is 1. The lowest BCUT2D eigenvalue weighted by Crippen LogP contribution is -2.37. The topological polar surface area (TPSA) is 277 Å². The van der Waals surface area contributed by atoms with Gasteiger partial charge in [-0.15, -0.1) is 0 Å². The summed E-state index contributed by atoms with van der Waals surface area (Å²) >= 11 is 0. The van der Waals surface area contributed by atoms with Crippen LogP contribution in [-0.2, 0) is 32.0 Å². The van der Waals surface area contributed by atoms with Gasteiger partial charge in [0.2, 0.25) is 0 Å². The minimum Gasteiger partial charge on any atom is -0.394 e. The Balaban J connectivity index is 1.60. The first kappa shape index (κ1) is 27.3. The van der Waals surface area contributed by atoms with Crippen molar-refractivity contribution in [3.63, 3.8) is 0 Å². The molecule has 1 aromatic heterocycles. The molecule has 2 fully saturated rings. The van der Waals surface area contributed by atoms with Gasteiger partial charge in [0.1, 0.15) is 36.6 Å². The molecule has 18 nitrogen and oxygen atoms in total. The summed E-state index contributed by atoms with van der Waals surface area (Å²) < 4.78 is 47.8. The van der Waals surface area contributed by atoms with Crippen LogP contribution in [0.1, 0.15) is 6.23 Å². The van der Waals surface area contributed by atoms with Crippen LogP contribution in [-0.4, -0.2) is 101 Å². The van der Waals surface area contributed by atoms with Crippen LogP contribution in [0.3, 0.4) is 0 Å². The van der Waals surface area contributed by atoms with E-state index in [1.807, 2.05) is 4.98 Å². The summed E-state index contributed by atoms with van der Waals surface area (Å²) in [6, 6.07) is 0.939. The van der Waals surface area contributed by atoms with Crippen LogP contribution < -0.4 is 11.2 Å². The zero-order valence-corrected chi connectivity index (χ0v) is 18.6. The lowest BCUT2D eigenvalue weighted by atomic mass is 10.1. The Morgan fingerprint density at radius 3 is 2.21 bits per heavy atom. The van der Waals surface area contributed by atoms with Crippen LogP contribution in [0.25, 0.3) is 0 Å². The second-order valence-corrected chi connectivity index (χ2v) is 10.2. The van der Waals surface area contributed by atoms with Gasteiger partial charge in [0.05, 0.1) is 13.2 Å². The van der Waals surface area contributed by atoms with E-state index in [4.69, 9.17) is 14.6 Å². The standard InChI is InChI=1S/C14H22N2O16P2/c17-3-5-8(19)11(22)13(30-5)31-34(26,27)32-33(24,25)28-4-6-9(20)10(21)12(29-6)16-2-1-7(18)15-14(16)23/h1-2,5-6,8-13,17,19-22H,3-4H2,(H,24,25)(H,26,27)(H,15,18,23). The highest BCUT2D eigenvalue weighted by atomic mass is 31.3. The van der Waals surface area contributed by atoms with Gasteiger partial charge >= 0.3 is 21.3 Å². The van der Waals surface area contributed by atoms with Gasteiger partial charge < -0.3 is 44.8 Å². The number of aromatic amines is 1. The molecule has 2 aliphatic heterocycles. The molecule has 10 unspecified atom stereocenters. The minimum atomic E-state index is -5.47. The molecule has 20 heteroatoms. The number of aliphatic hydroxyl groups excluding tert-OH is 5. The Bertz CT molecular complexity index is 1080. The zero-order chi connectivity index (χ0) is 25.4. The summed E-state index contributed by atoms with van der Waals surface area (Å²) in [7, 11) is -10.9. The lowest BCUT2D eigenvalue weighted by Gasteiger charge is -2.21. The maximum atomic E-state index is 12.1. The Morgan fingerprint density at radius 1 is 0.971 bits per heavy atom. The summed E-state index contributed by atoms with van der Waals surface area (Å²) in [5.41, 5.74) is -1.72. The van der Waals surface area contributed by atoms with E-state index < -0.39 is 89.2 Å². The smallest absolute Gasteiger partial charge is 0.394 e. The Kier molecular flexibility index (Phi) is 8.28. The molecule has 0 aliphatic carbocycles. The maximum Gasteiger partial charge on any atom is 0.483 e. The SMILES string of the molecule is O=c1ccn(C2OC(COP(=O)(O)OP(=O)(O)OC3OC(CO)C(O)C3O)C(O)C2O)c(=O)[nH]1. The highest BCUT2D eigenvalue weighted by Crippen LogP contribution is 2.61. The number of nitrogens with zero attached hydrogens (tertiary/aromatic N) is 1. The van der Waals surface area contributed by atoms with Gasteiger partial charge in [-0.3, -0.25) is 23.4 Å². The van der Waals surface area contributed by atoms with Crippen molar-refractivity contribution in [3.8, 4) is 0 Å². The number of ether oxygens (including phenoxy) is 2. The summed E-state index contributed by atoms with van der Waals surface area (Å²) in [6.07, 6.45) is -12.6. The third-order valence-corrected chi connectivity index (χ3v) is 7.41. The number of phosphoric ester groups is 2. The number of hydrogen-bond acceptors (Lipinski definition) is 14. The van der Waals surface area contributed by atoms with Gasteiger partial charge in [-0.05, 0) is 0 Å². The van der Waals surface area contributed by atoms with Gasteiger partial charge in [0.25, 0.3) is 5.56 Å². The van der Waals surface area contributed by atoms with E-state index >= 15 is 0 Å². The van der Waals surface area contributed by atoms with Gasteiger partial charge in [-0.25, -0.2) is 13.9 Å². The molecule has 2 saturated heterocycles. The summed E-state index contributed by atoms with van der Waals surface area (Å²) in [5.74, 6) is 0. The fourth-order valence-corrected chi connectivity index (χ4v) is 5.31. The predicted octanol–water partition coefficient (Wildman–Crippen LogP) is -4.15. The van der Waals surface area contributed by atoms with Crippen molar-refractivity contribution in [2.24, 2.45) is 0 Å². The second kappa shape index (κ2) is 10.3. The highest BCUT2D eigenvalue weighted by molar-refractivity contribution is 7.61. The van der Waals surface area contributed by atoms with E-state index in [9.17, 15) is 48.9 Å². The average molecular weight is 536 g/mol. The van der Waals surface area contributed by atoms with Crippen molar-refractivity contribution >= 4 is 15.6 Å². The number of H-pyrrole nitrogens is 1. The van der Waals surface area contributed by atoms with E-state index in [1.165, 1.54) is 0 Å². The normalized spacial score (nSPS) is 37.4.